The molecule has 1 aromatic carbocycles. The van der Waals surface area contributed by atoms with E-state index in [0.717, 1.165) is 38.9 Å². The SMILES string of the molecule is CC(=O)N[C@@H]1CCCN(CCCOc2ccc(C(=O)O)cc2)C1. The number of ether oxygens (including phenoxy) is 1. The summed E-state index contributed by atoms with van der Waals surface area (Å²) in [5.74, 6) is -0.217. The summed E-state index contributed by atoms with van der Waals surface area (Å²) in [6.07, 6.45) is 3.04. The van der Waals surface area contributed by atoms with E-state index in [9.17, 15) is 9.59 Å². The molecule has 1 fully saturated rings. The van der Waals surface area contributed by atoms with Gasteiger partial charge >= 0.3 is 5.97 Å². The second-order valence-electron chi connectivity index (χ2n) is 5.87. The number of rotatable bonds is 7. The first-order valence-corrected chi connectivity index (χ1v) is 8.00. The molecule has 1 aliphatic rings. The van der Waals surface area contributed by atoms with Gasteiger partial charge in [0.1, 0.15) is 5.75 Å². The van der Waals surface area contributed by atoms with Crippen molar-refractivity contribution in [2.45, 2.75) is 32.2 Å². The Morgan fingerprint density at radius 1 is 1.35 bits per heavy atom. The molecule has 2 N–H and O–H groups in total. The first kappa shape index (κ1) is 17.3. The summed E-state index contributed by atoms with van der Waals surface area (Å²) in [6.45, 7) is 5.04. The molecule has 0 aliphatic carbocycles. The minimum Gasteiger partial charge on any atom is -0.494 e. The van der Waals surface area contributed by atoms with Gasteiger partial charge in [0.15, 0.2) is 0 Å². The molecule has 1 aromatic rings. The first-order chi connectivity index (χ1) is 11.0. The third-order valence-electron chi connectivity index (χ3n) is 3.90. The molecule has 0 spiro atoms. The molecule has 1 heterocycles. The molecule has 0 unspecified atom stereocenters. The van der Waals surface area contributed by atoms with Gasteiger partial charge in [0.05, 0.1) is 12.2 Å². The van der Waals surface area contributed by atoms with Crippen LogP contribution in [0.25, 0.3) is 0 Å². The number of carbonyl (C=O) groups is 2. The van der Waals surface area contributed by atoms with Crippen molar-refractivity contribution in [1.29, 1.82) is 0 Å². The molecule has 0 bridgehead atoms. The molecule has 6 nitrogen and oxygen atoms in total. The van der Waals surface area contributed by atoms with Crippen LogP contribution in [-0.4, -0.2) is 54.2 Å². The third-order valence-corrected chi connectivity index (χ3v) is 3.90. The van der Waals surface area contributed by atoms with Crippen molar-refractivity contribution in [3.63, 3.8) is 0 Å². The van der Waals surface area contributed by atoms with Gasteiger partial charge in [-0.1, -0.05) is 0 Å². The van der Waals surface area contributed by atoms with Crippen molar-refractivity contribution in [2.75, 3.05) is 26.2 Å². The van der Waals surface area contributed by atoms with Crippen molar-refractivity contribution >= 4 is 11.9 Å². The predicted molar refractivity (Wildman–Crippen MR) is 86.8 cm³/mol. The van der Waals surface area contributed by atoms with Gasteiger partial charge in [-0.15, -0.1) is 0 Å². The maximum absolute atomic E-state index is 11.1. The van der Waals surface area contributed by atoms with Crippen molar-refractivity contribution in [3.05, 3.63) is 29.8 Å². The first-order valence-electron chi connectivity index (χ1n) is 8.00. The predicted octanol–water partition coefficient (Wildman–Crippen LogP) is 1.75. The Bertz CT molecular complexity index is 530. The van der Waals surface area contributed by atoms with Crippen LogP contribution in [0.2, 0.25) is 0 Å². The van der Waals surface area contributed by atoms with E-state index in [0.29, 0.717) is 12.4 Å². The fraction of sp³-hybridized carbons (Fsp3) is 0.529. The summed E-state index contributed by atoms with van der Waals surface area (Å²) < 4.78 is 5.63. The largest absolute Gasteiger partial charge is 0.494 e. The highest BCUT2D eigenvalue weighted by Crippen LogP contribution is 2.13. The molecule has 0 radical (unpaired) electrons. The van der Waals surface area contributed by atoms with E-state index >= 15 is 0 Å². The highest BCUT2D eigenvalue weighted by atomic mass is 16.5. The number of hydrogen-bond acceptors (Lipinski definition) is 4. The number of likely N-dealkylation sites (tertiary alicyclic amines) is 1. The van der Waals surface area contributed by atoms with Crippen LogP contribution >= 0.6 is 0 Å². The average Bonchev–Trinajstić information content (AvgIpc) is 2.52. The van der Waals surface area contributed by atoms with Gasteiger partial charge in [0.25, 0.3) is 0 Å². The Hall–Kier alpha value is -2.08. The smallest absolute Gasteiger partial charge is 0.335 e. The molecule has 126 valence electrons. The number of carboxylic acid groups (broad SMARTS) is 1. The van der Waals surface area contributed by atoms with E-state index in [1.54, 1.807) is 31.2 Å². The lowest BCUT2D eigenvalue weighted by atomic mass is 10.1. The molecular weight excluding hydrogens is 296 g/mol. The molecule has 1 saturated heterocycles. The van der Waals surface area contributed by atoms with Crippen LogP contribution in [0.5, 0.6) is 5.75 Å². The summed E-state index contributed by atoms with van der Waals surface area (Å²) in [5, 5.41) is 11.8. The Balaban J connectivity index is 1.66. The molecule has 1 aliphatic heterocycles. The number of nitrogens with zero attached hydrogens (tertiary/aromatic N) is 1. The molecular formula is C17H24N2O4. The van der Waals surface area contributed by atoms with Gasteiger partial charge in [0.2, 0.25) is 5.91 Å². The summed E-state index contributed by atoms with van der Waals surface area (Å²) in [6, 6.07) is 6.69. The number of benzene rings is 1. The summed E-state index contributed by atoms with van der Waals surface area (Å²) in [7, 11) is 0. The second kappa shape index (κ2) is 8.53. The highest BCUT2D eigenvalue weighted by Gasteiger charge is 2.19. The van der Waals surface area contributed by atoms with E-state index in [-0.39, 0.29) is 17.5 Å². The number of hydrogen-bond donors (Lipinski definition) is 2. The second-order valence-corrected chi connectivity index (χ2v) is 5.87. The molecule has 6 heteroatoms. The zero-order valence-corrected chi connectivity index (χ0v) is 13.5. The number of aromatic carboxylic acids is 1. The third kappa shape index (κ3) is 5.90. The Morgan fingerprint density at radius 2 is 2.09 bits per heavy atom. The minimum absolute atomic E-state index is 0.0324. The van der Waals surface area contributed by atoms with Crippen LogP contribution in [0.4, 0.5) is 0 Å². The van der Waals surface area contributed by atoms with Crippen molar-refractivity contribution in [1.82, 2.24) is 10.2 Å². The lowest BCUT2D eigenvalue weighted by Gasteiger charge is -2.32. The van der Waals surface area contributed by atoms with Gasteiger partial charge in [-0.05, 0) is 50.1 Å². The summed E-state index contributed by atoms with van der Waals surface area (Å²) in [4.78, 5) is 24.2. The fourth-order valence-electron chi connectivity index (χ4n) is 2.84. The van der Waals surface area contributed by atoms with Crippen LogP contribution in [0.1, 0.15) is 36.5 Å². The van der Waals surface area contributed by atoms with Crippen LogP contribution in [-0.2, 0) is 4.79 Å². The minimum atomic E-state index is -0.935. The molecule has 0 aromatic heterocycles. The highest BCUT2D eigenvalue weighted by molar-refractivity contribution is 5.87. The number of amides is 1. The lowest BCUT2D eigenvalue weighted by Crippen LogP contribution is -2.47. The Labute approximate surface area is 136 Å². The van der Waals surface area contributed by atoms with Gasteiger partial charge in [0, 0.05) is 26.1 Å². The van der Waals surface area contributed by atoms with E-state index in [2.05, 4.69) is 10.2 Å². The maximum Gasteiger partial charge on any atom is 0.335 e. The van der Waals surface area contributed by atoms with Crippen LogP contribution in [0.15, 0.2) is 24.3 Å². The topological polar surface area (TPSA) is 78.9 Å². The van der Waals surface area contributed by atoms with E-state index < -0.39 is 5.97 Å². The lowest BCUT2D eigenvalue weighted by molar-refractivity contribution is -0.120. The van der Waals surface area contributed by atoms with Gasteiger partial charge in [-0.2, -0.15) is 0 Å². The van der Waals surface area contributed by atoms with Crippen molar-refractivity contribution in [3.8, 4) is 5.75 Å². The van der Waals surface area contributed by atoms with Crippen molar-refractivity contribution in [2.24, 2.45) is 0 Å². The van der Waals surface area contributed by atoms with Crippen molar-refractivity contribution < 1.29 is 19.4 Å². The fourth-order valence-corrected chi connectivity index (χ4v) is 2.84. The van der Waals surface area contributed by atoms with Crippen LogP contribution in [0, 0.1) is 0 Å². The molecule has 1 atom stereocenters. The number of carbonyl (C=O) groups excluding carboxylic acids is 1. The summed E-state index contributed by atoms with van der Waals surface area (Å²) >= 11 is 0. The Morgan fingerprint density at radius 3 is 2.74 bits per heavy atom. The quantitative estimate of drug-likeness (QED) is 0.748. The molecule has 2 rings (SSSR count). The summed E-state index contributed by atoms with van der Waals surface area (Å²) in [5.41, 5.74) is 0.259. The zero-order chi connectivity index (χ0) is 16.7. The van der Waals surface area contributed by atoms with Gasteiger partial charge in [-0.3, -0.25) is 4.79 Å². The van der Waals surface area contributed by atoms with Gasteiger partial charge < -0.3 is 20.1 Å². The molecule has 23 heavy (non-hydrogen) atoms. The number of carboxylic acids is 1. The van der Waals surface area contributed by atoms with E-state index in [4.69, 9.17) is 9.84 Å². The van der Waals surface area contributed by atoms with Crippen LogP contribution in [0.3, 0.4) is 0 Å². The van der Waals surface area contributed by atoms with E-state index in [1.165, 1.54) is 0 Å². The monoisotopic (exact) mass is 320 g/mol. The standard InChI is InChI=1S/C17H24N2O4/c1-13(20)18-15-4-2-9-19(12-15)10-3-11-23-16-7-5-14(6-8-16)17(21)22/h5-8,15H,2-4,9-12H2,1H3,(H,18,20)(H,21,22)/t15-/m1/s1. The Kier molecular flexibility index (Phi) is 6.40. The van der Waals surface area contributed by atoms with Crippen LogP contribution < -0.4 is 10.1 Å². The number of nitrogens with one attached hydrogen (secondary N) is 1. The molecule has 0 saturated carbocycles. The zero-order valence-electron chi connectivity index (χ0n) is 13.5. The number of piperidine rings is 1. The maximum atomic E-state index is 11.1. The normalized spacial score (nSPS) is 18.4. The van der Waals surface area contributed by atoms with E-state index in [1.807, 2.05) is 0 Å². The molecule has 1 amide bonds. The average molecular weight is 320 g/mol. The van der Waals surface area contributed by atoms with Gasteiger partial charge in [-0.25, -0.2) is 4.79 Å².